The van der Waals surface area contributed by atoms with Gasteiger partial charge in [-0.15, -0.1) is 0 Å². The van der Waals surface area contributed by atoms with E-state index in [1.165, 1.54) is 55.3 Å². The monoisotopic (exact) mass is 931 g/mol. The molecule has 0 aromatic heterocycles. The molecule has 0 saturated carbocycles. The highest BCUT2D eigenvalue weighted by molar-refractivity contribution is 9.09. The van der Waals surface area contributed by atoms with Gasteiger partial charge in [0.05, 0.1) is 61.2 Å². The molecule has 0 aromatic rings. The van der Waals surface area contributed by atoms with Crippen molar-refractivity contribution in [2.75, 3.05) is 39.1 Å². The number of Topliss-reactive ketones (excluding diaryl/α,β-unsaturated/α-hetero) is 1. The molecule has 0 spiro atoms. The van der Waals surface area contributed by atoms with E-state index in [0.717, 1.165) is 7.11 Å². The van der Waals surface area contributed by atoms with E-state index in [9.17, 15) is 30.0 Å². The molecule has 5 aliphatic rings. The summed E-state index contributed by atoms with van der Waals surface area (Å²) in [4.78, 5) is 32.7. The summed E-state index contributed by atoms with van der Waals surface area (Å²) < 4.78 is 42.5. The van der Waals surface area contributed by atoms with Gasteiger partial charge in [0.2, 0.25) is 5.78 Å². The number of aliphatic hydroxyl groups is 4. The number of carbonyl (C=O) groups excluding carboxylic acids is 2. The highest BCUT2D eigenvalue weighted by Gasteiger charge is 2.54. The van der Waals surface area contributed by atoms with E-state index < -0.39 is 84.7 Å². The van der Waals surface area contributed by atoms with Crippen molar-refractivity contribution in [3.63, 3.8) is 0 Å². The van der Waals surface area contributed by atoms with E-state index >= 15 is 0 Å². The molecule has 1 amide bonds. The maximum atomic E-state index is 14.0. The minimum Gasteiger partial charge on any atom is -0.453 e. The number of aliphatic hydroxyl groups excluding tert-OH is 3. The van der Waals surface area contributed by atoms with Crippen LogP contribution >= 0.6 is 43.2 Å². The summed E-state index contributed by atoms with van der Waals surface area (Å²) in [5.74, 6) is 10.3. The highest BCUT2D eigenvalue weighted by Crippen LogP contribution is 2.41. The molecule has 3 fully saturated rings. The van der Waals surface area contributed by atoms with Crippen LogP contribution in [-0.4, -0.2) is 168 Å². The molecule has 0 radical (unpaired) electrons. The molecule has 2 bridgehead atoms. The smallest absolute Gasteiger partial charge is 0.411 e. The number of fused-ring (bicyclic) bond motifs is 2. The number of hydrogen-bond acceptors (Lipinski definition) is 20. The first-order chi connectivity index (χ1) is 29.2. The highest BCUT2D eigenvalue weighted by atomic mass is 33.5. The summed E-state index contributed by atoms with van der Waals surface area (Å²) in [7, 11) is 7.06. The van der Waals surface area contributed by atoms with Crippen LogP contribution in [0, 0.1) is 23.7 Å². The molecule has 21 heteroatoms. The number of ether oxygens (including phenoxy) is 7. The van der Waals surface area contributed by atoms with Crippen molar-refractivity contribution in [2.45, 2.75) is 137 Å². The summed E-state index contributed by atoms with van der Waals surface area (Å²) in [6, 6.07) is -0.964. The van der Waals surface area contributed by atoms with E-state index in [4.69, 9.17) is 38.0 Å². The first-order valence-electron chi connectivity index (χ1n) is 19.7. The lowest BCUT2D eigenvalue weighted by Crippen LogP contribution is -2.65. The zero-order valence-electron chi connectivity index (χ0n) is 35.2. The molecule has 2 aliphatic carbocycles. The van der Waals surface area contributed by atoms with Crippen molar-refractivity contribution in [2.24, 2.45) is 0 Å². The Morgan fingerprint density at radius 1 is 1.07 bits per heavy atom. The Hall–Kier alpha value is -1.84. The van der Waals surface area contributed by atoms with Gasteiger partial charge in [0.15, 0.2) is 30.6 Å². The third-order valence-corrected chi connectivity index (χ3v) is 15.5. The van der Waals surface area contributed by atoms with E-state index in [1.54, 1.807) is 20.1 Å². The number of alkyl carbamates (subject to hydrolysis) is 1. The molecule has 5 rings (SSSR count). The predicted octanol–water partition coefficient (Wildman–Crippen LogP) is 1.55. The van der Waals surface area contributed by atoms with E-state index in [2.05, 4.69) is 39.8 Å². The van der Waals surface area contributed by atoms with Gasteiger partial charge in [0.25, 0.3) is 0 Å². The molecule has 7 N–H and O–H groups in total. The van der Waals surface area contributed by atoms with Crippen molar-refractivity contribution >= 4 is 55.1 Å². The SMILES string of the molecule is COC(=O)NC1=C2C(=CCSSSC)C(O)(C#CC=CC#CC2OC2OC(C)C(NOC3CC(O)C(SC)C(C)O3)C(O)C2OC2CC(OC)C(NC(C)C)CO2)C(O)C1=O. The lowest BCUT2D eigenvalue weighted by molar-refractivity contribution is -0.336. The van der Waals surface area contributed by atoms with Crippen LogP contribution in [0.4, 0.5) is 4.79 Å². The van der Waals surface area contributed by atoms with Gasteiger partial charge < -0.3 is 58.9 Å². The number of hydrogen-bond donors (Lipinski definition) is 7. The molecule has 3 heterocycles. The first kappa shape index (κ1) is 50.2. The lowest BCUT2D eigenvalue weighted by Gasteiger charge is -2.47. The molecule has 0 aromatic carbocycles. The summed E-state index contributed by atoms with van der Waals surface area (Å²) in [5, 5.41) is 52.2. The van der Waals surface area contributed by atoms with Crippen LogP contribution in [0.1, 0.15) is 40.5 Å². The maximum absolute atomic E-state index is 14.0. The third-order valence-electron chi connectivity index (χ3n) is 10.6. The third kappa shape index (κ3) is 12.3. The lowest BCUT2D eigenvalue weighted by atomic mass is 9.73. The van der Waals surface area contributed by atoms with Crippen LogP contribution in [0.25, 0.3) is 0 Å². The van der Waals surface area contributed by atoms with Gasteiger partial charge in [-0.2, -0.15) is 17.2 Å². The largest absolute Gasteiger partial charge is 0.453 e. The fourth-order valence-corrected chi connectivity index (χ4v) is 10.9. The average Bonchev–Trinajstić information content (AvgIpc) is 3.22. The zero-order chi connectivity index (χ0) is 44.4. The summed E-state index contributed by atoms with van der Waals surface area (Å²) in [5.41, 5.74) is -0.201. The summed E-state index contributed by atoms with van der Waals surface area (Å²) in [6.45, 7) is 7.77. The van der Waals surface area contributed by atoms with Crippen LogP contribution in [0.5, 0.6) is 0 Å². The second kappa shape index (κ2) is 23.4. The maximum Gasteiger partial charge on any atom is 0.411 e. The molecule has 3 aliphatic heterocycles. The Balaban J connectivity index is 1.54. The first-order valence-corrected chi connectivity index (χ1v) is 25.1. The summed E-state index contributed by atoms with van der Waals surface area (Å²) in [6.07, 6.45) is -4.36. The van der Waals surface area contributed by atoms with Crippen LogP contribution in [0.15, 0.2) is 35.1 Å². The van der Waals surface area contributed by atoms with Gasteiger partial charge in [-0.3, -0.25) is 14.9 Å². The van der Waals surface area contributed by atoms with Crippen LogP contribution in [-0.2, 0) is 42.8 Å². The normalized spacial score (nSPS) is 38.4. The number of carbonyl (C=O) groups is 2. The Labute approximate surface area is 372 Å². The number of nitrogens with one attached hydrogen (secondary N) is 3. The number of hydroxylamine groups is 1. The summed E-state index contributed by atoms with van der Waals surface area (Å²) >= 11 is 1.50. The van der Waals surface area contributed by atoms with Gasteiger partial charge in [0.1, 0.15) is 18.3 Å². The second-order valence-corrected chi connectivity index (χ2v) is 20.4. The number of methoxy groups -OCH3 is 2. The molecule has 17 nitrogen and oxygen atoms in total. The predicted molar refractivity (Wildman–Crippen MR) is 232 cm³/mol. The Kier molecular flexibility index (Phi) is 19.2. The minimum absolute atomic E-state index is 0.0491. The van der Waals surface area contributed by atoms with Crippen molar-refractivity contribution in [3.05, 3.63) is 35.1 Å². The van der Waals surface area contributed by atoms with Gasteiger partial charge in [-0.05, 0) is 48.3 Å². The van der Waals surface area contributed by atoms with Gasteiger partial charge in [0, 0.05) is 42.9 Å². The van der Waals surface area contributed by atoms with Gasteiger partial charge in [-0.1, -0.05) is 65.2 Å². The molecule has 3 saturated heterocycles. The Morgan fingerprint density at radius 2 is 1.82 bits per heavy atom. The fraction of sp³-hybridized carbons (Fsp3) is 0.700. The number of ketones is 1. The quantitative estimate of drug-likeness (QED) is 0.0505. The van der Waals surface area contributed by atoms with Crippen molar-refractivity contribution in [3.8, 4) is 23.7 Å². The minimum atomic E-state index is -2.47. The van der Waals surface area contributed by atoms with Crippen LogP contribution in [0.3, 0.4) is 0 Å². The molecule has 15 unspecified atom stereocenters. The van der Waals surface area contributed by atoms with Crippen molar-refractivity contribution in [1.82, 2.24) is 16.1 Å². The van der Waals surface area contributed by atoms with Gasteiger partial charge in [-0.25, -0.2) is 4.79 Å². The van der Waals surface area contributed by atoms with Crippen LogP contribution < -0.4 is 16.1 Å². The molecular weight excluding hydrogens is 875 g/mol. The topological polar surface area (TPSA) is 225 Å². The van der Waals surface area contributed by atoms with E-state index in [-0.39, 0.29) is 65.9 Å². The molecule has 15 atom stereocenters. The number of thioether (sulfide) groups is 1. The van der Waals surface area contributed by atoms with Gasteiger partial charge >= 0.3 is 6.09 Å². The zero-order valence-corrected chi connectivity index (χ0v) is 38.5. The molecular formula is C40H57N3O14S4. The van der Waals surface area contributed by atoms with Crippen molar-refractivity contribution < 1.29 is 68.0 Å². The fourth-order valence-electron chi connectivity index (χ4n) is 7.65. The molecule has 61 heavy (non-hydrogen) atoms. The Bertz CT molecular complexity index is 1740. The van der Waals surface area contributed by atoms with Crippen LogP contribution in [0.2, 0.25) is 0 Å². The molecule has 340 valence electrons. The van der Waals surface area contributed by atoms with Crippen molar-refractivity contribution in [1.29, 1.82) is 0 Å². The Morgan fingerprint density at radius 3 is 2.49 bits per heavy atom. The number of amides is 1. The van der Waals surface area contributed by atoms with E-state index in [0.29, 0.717) is 0 Å². The average molecular weight is 932 g/mol. The number of allylic oxidation sites excluding steroid dienone is 2. The van der Waals surface area contributed by atoms with E-state index in [1.807, 2.05) is 33.3 Å². The number of rotatable bonds is 16. The standard InChI is InChI=1S/C40H57N3O14S4/c1-20(2)41-24-19-52-28(18-27(24)50-5)56-35-33(45)31(43-57-29-17-25(44)36(58-7)22(4)53-29)21(3)54-38(35)55-26-13-11-9-10-12-15-40(49)23(14-16-60-61-59-8)30(26)32(34(46)37(40)47)42-39(48)51-6/h9-10,14,20-22,24-29,31,33,35-38,41,43-45,47,49H,16-19H2,1-8H3,(H,42,48). The second-order valence-electron chi connectivity index (χ2n) is 15.0.